The predicted octanol–water partition coefficient (Wildman–Crippen LogP) is 4.14. The van der Waals surface area contributed by atoms with Gasteiger partial charge in [0.2, 0.25) is 5.16 Å². The van der Waals surface area contributed by atoms with Gasteiger partial charge in [0.25, 0.3) is 0 Å². The van der Waals surface area contributed by atoms with Crippen molar-refractivity contribution in [1.29, 1.82) is 0 Å². The molecule has 3 aromatic rings. The maximum atomic E-state index is 12.0. The summed E-state index contributed by atoms with van der Waals surface area (Å²) in [4.78, 5) is 12.0. The van der Waals surface area contributed by atoms with Gasteiger partial charge in [0.15, 0.2) is 5.78 Å². The number of rotatable bonds is 6. The molecular formula is C20H22N4OS. The van der Waals surface area contributed by atoms with Gasteiger partial charge in [-0.15, -0.1) is 5.10 Å². The summed E-state index contributed by atoms with van der Waals surface area (Å²) in [5, 5.41) is 12.9. The van der Waals surface area contributed by atoms with Crippen LogP contribution >= 0.6 is 11.8 Å². The molecule has 5 nitrogen and oxygen atoms in total. The number of Topliss-reactive ketones (excluding diaryl/α,β-unsaturated/α-hetero) is 1. The maximum absolute atomic E-state index is 12.0. The summed E-state index contributed by atoms with van der Waals surface area (Å²) in [5.41, 5.74) is 6.46. The highest BCUT2D eigenvalue weighted by molar-refractivity contribution is 7.98. The van der Waals surface area contributed by atoms with Gasteiger partial charge >= 0.3 is 0 Å². The van der Waals surface area contributed by atoms with Crippen molar-refractivity contribution in [2.75, 3.05) is 0 Å². The zero-order chi connectivity index (χ0) is 18.7. The van der Waals surface area contributed by atoms with Crippen molar-refractivity contribution in [2.45, 2.75) is 45.1 Å². The van der Waals surface area contributed by atoms with E-state index in [-0.39, 0.29) is 5.78 Å². The summed E-state index contributed by atoms with van der Waals surface area (Å²) >= 11 is 1.60. The molecule has 0 saturated heterocycles. The Morgan fingerprint density at radius 3 is 2.54 bits per heavy atom. The molecule has 0 bridgehead atoms. The number of ketones is 1. The van der Waals surface area contributed by atoms with Crippen molar-refractivity contribution in [1.82, 2.24) is 20.2 Å². The van der Waals surface area contributed by atoms with E-state index in [1.165, 1.54) is 11.1 Å². The number of thioether (sulfide) groups is 1. The Labute approximate surface area is 157 Å². The fourth-order valence-electron chi connectivity index (χ4n) is 3.28. The van der Waals surface area contributed by atoms with Crippen LogP contribution in [0.5, 0.6) is 0 Å². The highest BCUT2D eigenvalue weighted by Crippen LogP contribution is 2.29. The van der Waals surface area contributed by atoms with Gasteiger partial charge in [-0.2, -0.15) is 0 Å². The number of aryl methyl sites for hydroxylation is 2. The zero-order valence-electron chi connectivity index (χ0n) is 15.5. The Hall–Kier alpha value is -2.47. The monoisotopic (exact) mass is 366 g/mol. The number of aromatic nitrogens is 4. The van der Waals surface area contributed by atoms with Crippen LogP contribution in [0, 0.1) is 20.8 Å². The third-order valence-corrected chi connectivity index (χ3v) is 5.49. The third kappa shape index (κ3) is 3.85. The minimum Gasteiger partial charge on any atom is -0.294 e. The summed E-state index contributed by atoms with van der Waals surface area (Å²) in [6.45, 7) is 8.38. The van der Waals surface area contributed by atoms with Crippen molar-refractivity contribution in [2.24, 2.45) is 0 Å². The molecule has 0 amide bonds. The number of tetrazole rings is 1. The summed E-state index contributed by atoms with van der Waals surface area (Å²) in [5.74, 6) is 0.841. The fraction of sp³-hybridized carbons (Fsp3) is 0.300. The Bertz CT molecular complexity index is 934. The molecule has 0 saturated carbocycles. The van der Waals surface area contributed by atoms with Crippen LogP contribution in [0.2, 0.25) is 0 Å². The number of benzene rings is 2. The summed E-state index contributed by atoms with van der Waals surface area (Å²) < 4.78 is 1.81. The van der Waals surface area contributed by atoms with Crippen LogP contribution in [0.15, 0.2) is 41.6 Å². The van der Waals surface area contributed by atoms with Gasteiger partial charge in [-0.1, -0.05) is 48.2 Å². The lowest BCUT2D eigenvalue weighted by Crippen LogP contribution is -2.06. The van der Waals surface area contributed by atoms with Crippen molar-refractivity contribution >= 4 is 17.5 Å². The van der Waals surface area contributed by atoms with E-state index in [0.717, 1.165) is 33.2 Å². The lowest BCUT2D eigenvalue weighted by molar-refractivity contribution is 0.101. The van der Waals surface area contributed by atoms with Crippen molar-refractivity contribution in [3.8, 4) is 0 Å². The molecule has 0 atom stereocenters. The highest BCUT2D eigenvalue weighted by atomic mass is 32.2. The van der Waals surface area contributed by atoms with E-state index in [2.05, 4.69) is 40.6 Å². The lowest BCUT2D eigenvalue weighted by atomic mass is 9.92. The van der Waals surface area contributed by atoms with Gasteiger partial charge in [0, 0.05) is 11.3 Å². The van der Waals surface area contributed by atoms with Crippen molar-refractivity contribution in [3.05, 3.63) is 69.8 Å². The van der Waals surface area contributed by atoms with Crippen LogP contribution in [0.25, 0.3) is 0 Å². The first-order chi connectivity index (χ1) is 12.5. The molecule has 0 spiro atoms. The average molecular weight is 366 g/mol. The molecule has 2 aromatic carbocycles. The first-order valence-corrected chi connectivity index (χ1v) is 9.49. The molecule has 0 unspecified atom stereocenters. The van der Waals surface area contributed by atoms with E-state index in [1.807, 2.05) is 36.7 Å². The largest absolute Gasteiger partial charge is 0.294 e. The lowest BCUT2D eigenvalue weighted by Gasteiger charge is -2.15. The number of carbonyl (C=O) groups is 1. The van der Waals surface area contributed by atoms with Crippen LogP contribution in [0.4, 0.5) is 0 Å². The smallest absolute Gasteiger partial charge is 0.209 e. The highest BCUT2D eigenvalue weighted by Gasteiger charge is 2.16. The maximum Gasteiger partial charge on any atom is 0.209 e. The fourth-order valence-corrected chi connectivity index (χ4v) is 4.34. The molecule has 134 valence electrons. The number of carbonyl (C=O) groups excluding carboxylic acids is 1. The Kier molecular flexibility index (Phi) is 5.52. The Morgan fingerprint density at radius 2 is 1.85 bits per heavy atom. The molecule has 0 aliphatic rings. The van der Waals surface area contributed by atoms with Gasteiger partial charge < -0.3 is 0 Å². The molecule has 1 heterocycles. The van der Waals surface area contributed by atoms with Crippen LogP contribution in [-0.2, 0) is 12.3 Å². The number of nitrogens with zero attached hydrogens (tertiary/aromatic N) is 4. The minimum absolute atomic E-state index is 0.111. The van der Waals surface area contributed by atoms with E-state index < -0.39 is 0 Å². The van der Waals surface area contributed by atoms with E-state index in [1.54, 1.807) is 18.7 Å². The second-order valence-corrected chi connectivity index (χ2v) is 7.38. The van der Waals surface area contributed by atoms with Gasteiger partial charge in [-0.25, -0.2) is 4.68 Å². The first-order valence-electron chi connectivity index (χ1n) is 8.51. The Morgan fingerprint density at radius 1 is 1.12 bits per heavy atom. The molecule has 1 aromatic heterocycles. The van der Waals surface area contributed by atoms with Gasteiger partial charge in [-0.05, 0) is 65.9 Å². The molecule has 0 aliphatic heterocycles. The molecule has 0 aliphatic carbocycles. The molecule has 6 heteroatoms. The standard InChI is InChI=1S/C20H22N4OS/c1-13-10-14(2)19(16(4)25)15(3)18(13)12-26-20-21-22-23-24(20)11-17-8-6-5-7-9-17/h5-10H,11-12H2,1-4H3. The third-order valence-electron chi connectivity index (χ3n) is 4.50. The average Bonchev–Trinajstić information content (AvgIpc) is 3.02. The number of hydrogen-bond donors (Lipinski definition) is 0. The van der Waals surface area contributed by atoms with E-state index in [9.17, 15) is 4.79 Å². The van der Waals surface area contributed by atoms with Crippen molar-refractivity contribution in [3.63, 3.8) is 0 Å². The van der Waals surface area contributed by atoms with Crippen LogP contribution in [-0.4, -0.2) is 26.0 Å². The topological polar surface area (TPSA) is 60.7 Å². The van der Waals surface area contributed by atoms with Crippen molar-refractivity contribution < 1.29 is 4.79 Å². The summed E-state index contributed by atoms with van der Waals surface area (Å²) in [6.07, 6.45) is 0. The molecule has 26 heavy (non-hydrogen) atoms. The predicted molar refractivity (Wildman–Crippen MR) is 104 cm³/mol. The second-order valence-electron chi connectivity index (χ2n) is 6.44. The van der Waals surface area contributed by atoms with Crippen LogP contribution in [0.3, 0.4) is 0 Å². The van der Waals surface area contributed by atoms with E-state index >= 15 is 0 Å². The molecule has 0 fully saturated rings. The van der Waals surface area contributed by atoms with Gasteiger partial charge in [-0.3, -0.25) is 4.79 Å². The molecule has 3 rings (SSSR count). The Balaban J connectivity index is 1.82. The SMILES string of the molecule is CC(=O)c1c(C)cc(C)c(CSc2nnnn2Cc2ccccc2)c1C. The quantitative estimate of drug-likeness (QED) is 0.485. The second kappa shape index (κ2) is 7.83. The minimum atomic E-state index is 0.111. The van der Waals surface area contributed by atoms with E-state index in [4.69, 9.17) is 0 Å². The molecule has 0 radical (unpaired) electrons. The summed E-state index contributed by atoms with van der Waals surface area (Å²) in [6, 6.07) is 12.2. The summed E-state index contributed by atoms with van der Waals surface area (Å²) in [7, 11) is 0. The van der Waals surface area contributed by atoms with Crippen LogP contribution < -0.4 is 0 Å². The molecule has 0 N–H and O–H groups in total. The van der Waals surface area contributed by atoms with E-state index in [0.29, 0.717) is 6.54 Å². The molecular weight excluding hydrogens is 344 g/mol. The van der Waals surface area contributed by atoms with Gasteiger partial charge in [0.1, 0.15) is 0 Å². The first kappa shape index (κ1) is 18.3. The normalized spacial score (nSPS) is 10.9. The zero-order valence-corrected chi connectivity index (χ0v) is 16.3. The van der Waals surface area contributed by atoms with Gasteiger partial charge in [0.05, 0.1) is 6.54 Å². The van der Waals surface area contributed by atoms with Crippen LogP contribution in [0.1, 0.15) is 45.1 Å². The number of hydrogen-bond acceptors (Lipinski definition) is 5.